The zero-order valence-corrected chi connectivity index (χ0v) is 17.9. The SMILES string of the molecule is Cn1c2c(c3ccccc31)[C@@H]1c3ccccc3OS(=O)(=O)[C@@H]1[C@@H](c1ccccc1)S2. The van der Waals surface area contributed by atoms with E-state index in [0.29, 0.717) is 5.75 Å². The van der Waals surface area contributed by atoms with Crippen LogP contribution in [0, 0.1) is 0 Å². The minimum atomic E-state index is -3.83. The molecule has 0 saturated carbocycles. The second-order valence-corrected chi connectivity index (χ2v) is 10.6. The quantitative estimate of drug-likeness (QED) is 0.385. The molecule has 0 N–H and O–H groups in total. The lowest BCUT2D eigenvalue weighted by Gasteiger charge is -2.41. The minimum absolute atomic E-state index is 0.259. The normalized spacial score (nSPS) is 23.8. The van der Waals surface area contributed by atoms with Crippen molar-refractivity contribution in [2.75, 3.05) is 0 Å². The van der Waals surface area contributed by atoms with Gasteiger partial charge in [-0.3, -0.25) is 0 Å². The molecule has 3 atom stereocenters. The van der Waals surface area contributed by atoms with Gasteiger partial charge in [-0.25, -0.2) is 0 Å². The largest absolute Gasteiger partial charge is 0.382 e. The summed E-state index contributed by atoms with van der Waals surface area (Å²) in [6.45, 7) is 0. The van der Waals surface area contributed by atoms with E-state index >= 15 is 0 Å². The summed E-state index contributed by atoms with van der Waals surface area (Å²) in [6.07, 6.45) is 0. The highest BCUT2D eigenvalue weighted by atomic mass is 32.2. The summed E-state index contributed by atoms with van der Waals surface area (Å²) in [5, 5.41) is 1.28. The van der Waals surface area contributed by atoms with E-state index in [9.17, 15) is 8.42 Å². The summed E-state index contributed by atoms with van der Waals surface area (Å²) in [5.41, 5.74) is 4.15. The van der Waals surface area contributed by atoms with Crippen LogP contribution in [-0.2, 0) is 17.2 Å². The lowest BCUT2D eigenvalue weighted by Crippen LogP contribution is -2.42. The smallest absolute Gasteiger partial charge is 0.314 e. The third kappa shape index (κ3) is 2.44. The third-order valence-electron chi connectivity index (χ3n) is 6.19. The number of fused-ring (bicyclic) bond motifs is 7. The fourth-order valence-electron chi connectivity index (χ4n) is 4.91. The predicted octanol–water partition coefficient (Wildman–Crippen LogP) is 5.25. The molecule has 30 heavy (non-hydrogen) atoms. The number of hydrogen-bond donors (Lipinski definition) is 0. The van der Waals surface area contributed by atoms with Crippen molar-refractivity contribution in [1.29, 1.82) is 0 Å². The van der Waals surface area contributed by atoms with E-state index < -0.39 is 15.4 Å². The van der Waals surface area contributed by atoms with Gasteiger partial charge in [0, 0.05) is 35.0 Å². The number of hydrogen-bond acceptors (Lipinski definition) is 4. The highest BCUT2D eigenvalue weighted by molar-refractivity contribution is 8.00. The Balaban J connectivity index is 1.72. The van der Waals surface area contributed by atoms with Crippen LogP contribution in [0.25, 0.3) is 10.9 Å². The van der Waals surface area contributed by atoms with Crippen molar-refractivity contribution < 1.29 is 12.6 Å². The van der Waals surface area contributed by atoms with E-state index in [4.69, 9.17) is 4.18 Å². The first-order chi connectivity index (χ1) is 14.6. The van der Waals surface area contributed by atoms with Crippen molar-refractivity contribution in [2.45, 2.75) is 21.4 Å². The lowest BCUT2D eigenvalue weighted by molar-refractivity contribution is 0.433. The van der Waals surface area contributed by atoms with Crippen molar-refractivity contribution in [1.82, 2.24) is 4.57 Å². The molecule has 150 valence electrons. The van der Waals surface area contributed by atoms with Gasteiger partial charge in [-0.1, -0.05) is 78.5 Å². The number of rotatable bonds is 1. The Morgan fingerprint density at radius 2 is 1.60 bits per heavy atom. The second-order valence-electron chi connectivity index (χ2n) is 7.80. The van der Waals surface area contributed by atoms with E-state index in [1.807, 2.05) is 60.7 Å². The number of thioether (sulfide) groups is 1. The summed E-state index contributed by atoms with van der Waals surface area (Å²) >= 11 is 1.63. The number of aromatic nitrogens is 1. The maximum atomic E-state index is 13.5. The molecule has 0 aliphatic carbocycles. The summed E-state index contributed by atoms with van der Waals surface area (Å²) in [5.74, 6) is 0.156. The summed E-state index contributed by atoms with van der Waals surface area (Å²) in [4.78, 5) is 0. The molecule has 0 amide bonds. The van der Waals surface area contributed by atoms with Crippen molar-refractivity contribution in [2.24, 2.45) is 7.05 Å². The van der Waals surface area contributed by atoms with Gasteiger partial charge < -0.3 is 8.75 Å². The Bertz CT molecular complexity index is 1390. The molecule has 2 aliphatic rings. The second kappa shape index (κ2) is 6.40. The molecule has 4 nitrogen and oxygen atoms in total. The number of para-hydroxylation sites is 2. The van der Waals surface area contributed by atoms with Gasteiger partial charge in [-0.05, 0) is 17.7 Å². The van der Waals surface area contributed by atoms with E-state index in [-0.39, 0.29) is 11.2 Å². The van der Waals surface area contributed by atoms with Gasteiger partial charge in [-0.15, -0.1) is 0 Å². The van der Waals surface area contributed by atoms with Crippen molar-refractivity contribution in [3.63, 3.8) is 0 Å². The van der Waals surface area contributed by atoms with Crippen LogP contribution in [0.4, 0.5) is 0 Å². The maximum Gasteiger partial charge on any atom is 0.314 e. The van der Waals surface area contributed by atoms with E-state index in [1.165, 1.54) is 0 Å². The molecule has 0 bridgehead atoms. The molecule has 0 saturated heterocycles. The maximum absolute atomic E-state index is 13.5. The molecule has 6 rings (SSSR count). The highest BCUT2D eigenvalue weighted by Gasteiger charge is 2.53. The molecular weight excluding hydrogens is 414 g/mol. The van der Waals surface area contributed by atoms with Crippen molar-refractivity contribution in [3.8, 4) is 5.75 Å². The predicted molar refractivity (Wildman–Crippen MR) is 120 cm³/mol. The van der Waals surface area contributed by atoms with E-state index in [2.05, 4.69) is 23.7 Å². The Kier molecular flexibility index (Phi) is 3.86. The molecular formula is C24H19NO3S2. The Morgan fingerprint density at radius 1 is 0.900 bits per heavy atom. The fourth-order valence-corrected chi connectivity index (χ4v) is 8.52. The van der Waals surface area contributed by atoms with Gasteiger partial charge in [0.15, 0.2) is 0 Å². The summed E-state index contributed by atoms with van der Waals surface area (Å²) < 4.78 is 34.8. The summed E-state index contributed by atoms with van der Waals surface area (Å²) in [6, 6.07) is 25.7. The average molecular weight is 434 g/mol. The molecule has 2 aliphatic heterocycles. The first-order valence-corrected chi connectivity index (χ1v) is 12.2. The van der Waals surface area contributed by atoms with Crippen LogP contribution in [0.3, 0.4) is 0 Å². The highest BCUT2D eigenvalue weighted by Crippen LogP contribution is 2.59. The van der Waals surface area contributed by atoms with Gasteiger partial charge >= 0.3 is 10.1 Å². The Hall–Kier alpha value is -2.70. The van der Waals surface area contributed by atoms with Crippen molar-refractivity contribution >= 4 is 32.8 Å². The van der Waals surface area contributed by atoms with Crippen molar-refractivity contribution in [3.05, 3.63) is 95.6 Å². The average Bonchev–Trinajstić information content (AvgIpc) is 3.05. The number of benzene rings is 3. The molecule has 4 aromatic rings. The number of aryl methyl sites for hydroxylation is 1. The van der Waals surface area contributed by atoms with Crippen LogP contribution >= 0.6 is 11.8 Å². The Morgan fingerprint density at radius 3 is 2.43 bits per heavy atom. The summed E-state index contributed by atoms with van der Waals surface area (Å²) in [7, 11) is -1.76. The molecule has 3 heterocycles. The third-order valence-corrected chi connectivity index (χ3v) is 9.52. The van der Waals surface area contributed by atoms with Gasteiger partial charge in [0.25, 0.3) is 0 Å². The topological polar surface area (TPSA) is 48.3 Å². The fraction of sp³-hybridized carbons (Fsp3) is 0.167. The van der Waals surface area contributed by atoms with Crippen LogP contribution in [0.15, 0.2) is 83.9 Å². The Labute approximate surface area is 179 Å². The van der Waals surface area contributed by atoms with Crippen LogP contribution in [-0.4, -0.2) is 18.2 Å². The minimum Gasteiger partial charge on any atom is -0.382 e. The number of nitrogens with zero attached hydrogens (tertiary/aromatic N) is 1. The first-order valence-electron chi connectivity index (χ1n) is 9.87. The molecule has 3 aromatic carbocycles. The molecule has 6 heteroatoms. The van der Waals surface area contributed by atoms with Crippen LogP contribution in [0.1, 0.15) is 27.9 Å². The van der Waals surface area contributed by atoms with Crippen LogP contribution < -0.4 is 4.18 Å². The van der Waals surface area contributed by atoms with E-state index in [0.717, 1.165) is 32.6 Å². The lowest BCUT2D eigenvalue weighted by atomic mass is 9.84. The van der Waals surface area contributed by atoms with Crippen LogP contribution in [0.5, 0.6) is 5.75 Å². The zero-order valence-electron chi connectivity index (χ0n) is 16.2. The van der Waals surface area contributed by atoms with Crippen LogP contribution in [0.2, 0.25) is 0 Å². The van der Waals surface area contributed by atoms with Gasteiger partial charge in [0.2, 0.25) is 0 Å². The zero-order chi connectivity index (χ0) is 20.5. The molecule has 0 unspecified atom stereocenters. The first kappa shape index (κ1) is 18.1. The van der Waals surface area contributed by atoms with Gasteiger partial charge in [0.05, 0.1) is 10.3 Å². The molecule has 0 radical (unpaired) electrons. The van der Waals surface area contributed by atoms with Gasteiger partial charge in [0.1, 0.15) is 11.0 Å². The molecule has 1 aromatic heterocycles. The molecule has 0 fully saturated rings. The molecule has 0 spiro atoms. The standard InChI is InChI=1S/C24H19NO3S2/c1-25-18-13-7-5-11-16(18)21-20-17-12-6-8-14-19(17)28-30(26,27)23(20)22(29-24(21)25)15-9-3-2-4-10-15/h2-14,20,22-23H,1H3/t20-,22+,23-/m0/s1. The monoisotopic (exact) mass is 433 g/mol. The van der Waals surface area contributed by atoms with E-state index in [1.54, 1.807) is 17.8 Å². The van der Waals surface area contributed by atoms with Gasteiger partial charge in [-0.2, -0.15) is 8.42 Å².